The van der Waals surface area contributed by atoms with E-state index in [0.29, 0.717) is 17.9 Å². The Bertz CT molecular complexity index is 296. The number of nitrogens with one attached hydrogen (secondary N) is 1. The molecule has 4 nitrogen and oxygen atoms in total. The van der Waals surface area contributed by atoms with Gasteiger partial charge in [-0.15, -0.1) is 0 Å². The zero-order valence-corrected chi connectivity index (χ0v) is 10.2. The van der Waals surface area contributed by atoms with Crippen molar-refractivity contribution < 1.29 is 4.74 Å². The van der Waals surface area contributed by atoms with Gasteiger partial charge >= 0.3 is 0 Å². The minimum atomic E-state index is 0.363. The fourth-order valence-corrected chi connectivity index (χ4v) is 1.75. The second kappa shape index (κ2) is 6.50. The predicted molar refractivity (Wildman–Crippen MR) is 64.7 cm³/mol. The Kier molecular flexibility index (Phi) is 5.25. The lowest BCUT2D eigenvalue weighted by Crippen LogP contribution is -2.19. The van der Waals surface area contributed by atoms with E-state index in [9.17, 15) is 0 Å². The molecule has 0 spiro atoms. The number of aromatic nitrogens is 2. The topological polar surface area (TPSA) is 47.0 Å². The summed E-state index contributed by atoms with van der Waals surface area (Å²) in [7, 11) is 1.60. The molecule has 0 aromatic carbocycles. The molecule has 0 radical (unpaired) electrons. The Hall–Kier alpha value is -0.970. The smallest absolute Gasteiger partial charge is 0.226 e. The van der Waals surface area contributed by atoms with Gasteiger partial charge in [0.05, 0.1) is 7.11 Å². The van der Waals surface area contributed by atoms with E-state index in [1.807, 2.05) is 11.8 Å². The molecule has 1 atom stereocenters. The molecule has 5 heteroatoms. The first kappa shape index (κ1) is 12.1. The van der Waals surface area contributed by atoms with Gasteiger partial charge < -0.3 is 10.1 Å². The molecule has 0 amide bonds. The molecule has 1 N–H and O–H groups in total. The van der Waals surface area contributed by atoms with Crippen LogP contribution in [0.25, 0.3) is 0 Å². The Morgan fingerprint density at radius 3 is 3.07 bits per heavy atom. The summed E-state index contributed by atoms with van der Waals surface area (Å²) in [6.45, 7) is 4.27. The summed E-state index contributed by atoms with van der Waals surface area (Å²) in [5.74, 6) is 3.39. The number of thioether (sulfide) groups is 1. The minimum Gasteiger partial charge on any atom is -0.481 e. The quantitative estimate of drug-likeness (QED) is 0.806. The SMILES string of the molecule is CCSCC(C)Nc1nccc(OC)n1. The average Bonchev–Trinajstić information content (AvgIpc) is 2.26. The summed E-state index contributed by atoms with van der Waals surface area (Å²) in [6, 6.07) is 2.10. The van der Waals surface area contributed by atoms with Gasteiger partial charge in [-0.25, -0.2) is 4.98 Å². The highest BCUT2D eigenvalue weighted by Crippen LogP contribution is 2.10. The van der Waals surface area contributed by atoms with Gasteiger partial charge in [0.1, 0.15) is 0 Å². The van der Waals surface area contributed by atoms with Crippen LogP contribution in [-0.4, -0.2) is 34.6 Å². The lowest BCUT2D eigenvalue weighted by molar-refractivity contribution is 0.397. The Labute approximate surface area is 94.8 Å². The molecule has 1 unspecified atom stereocenters. The van der Waals surface area contributed by atoms with Crippen LogP contribution in [0.3, 0.4) is 0 Å². The first-order valence-electron chi connectivity index (χ1n) is 4.97. The van der Waals surface area contributed by atoms with Crippen molar-refractivity contribution in [1.29, 1.82) is 0 Å². The molecule has 15 heavy (non-hydrogen) atoms. The average molecular weight is 227 g/mol. The van der Waals surface area contributed by atoms with Crippen molar-refractivity contribution in [2.45, 2.75) is 19.9 Å². The Balaban J connectivity index is 2.48. The first-order chi connectivity index (χ1) is 7.26. The summed E-state index contributed by atoms with van der Waals surface area (Å²) in [6.07, 6.45) is 1.69. The number of methoxy groups -OCH3 is 1. The van der Waals surface area contributed by atoms with Gasteiger partial charge in [-0.3, -0.25) is 0 Å². The van der Waals surface area contributed by atoms with Crippen molar-refractivity contribution in [3.8, 4) is 5.88 Å². The van der Waals surface area contributed by atoms with E-state index < -0.39 is 0 Å². The van der Waals surface area contributed by atoms with Gasteiger partial charge in [-0.1, -0.05) is 6.92 Å². The van der Waals surface area contributed by atoms with Crippen LogP contribution in [0.1, 0.15) is 13.8 Å². The van der Waals surface area contributed by atoms with E-state index in [1.54, 1.807) is 19.4 Å². The van der Waals surface area contributed by atoms with Crippen LogP contribution >= 0.6 is 11.8 Å². The van der Waals surface area contributed by atoms with Crippen LogP contribution < -0.4 is 10.1 Å². The van der Waals surface area contributed by atoms with Gasteiger partial charge in [-0.05, 0) is 12.7 Å². The predicted octanol–water partition coefficient (Wildman–Crippen LogP) is 2.04. The van der Waals surface area contributed by atoms with Gasteiger partial charge in [-0.2, -0.15) is 16.7 Å². The maximum Gasteiger partial charge on any atom is 0.226 e. The van der Waals surface area contributed by atoms with Crippen molar-refractivity contribution >= 4 is 17.7 Å². The minimum absolute atomic E-state index is 0.363. The maximum absolute atomic E-state index is 5.02. The largest absolute Gasteiger partial charge is 0.481 e. The summed E-state index contributed by atoms with van der Waals surface area (Å²) in [4.78, 5) is 8.31. The summed E-state index contributed by atoms with van der Waals surface area (Å²) < 4.78 is 5.02. The highest BCUT2D eigenvalue weighted by atomic mass is 32.2. The second-order valence-corrected chi connectivity index (χ2v) is 4.45. The highest BCUT2D eigenvalue weighted by molar-refractivity contribution is 7.99. The molecule has 0 aliphatic carbocycles. The molecule has 0 bridgehead atoms. The van der Waals surface area contributed by atoms with E-state index >= 15 is 0 Å². The zero-order valence-electron chi connectivity index (χ0n) is 9.36. The molecule has 0 fully saturated rings. The van der Waals surface area contributed by atoms with E-state index in [0.717, 1.165) is 11.5 Å². The van der Waals surface area contributed by atoms with E-state index in [1.165, 1.54) is 0 Å². The fourth-order valence-electron chi connectivity index (χ4n) is 1.08. The molecule has 0 aliphatic rings. The van der Waals surface area contributed by atoms with Gasteiger partial charge in [0.15, 0.2) is 0 Å². The number of anilines is 1. The number of hydrogen-bond donors (Lipinski definition) is 1. The maximum atomic E-state index is 5.02. The van der Waals surface area contributed by atoms with Crippen molar-refractivity contribution in [1.82, 2.24) is 9.97 Å². The molecule has 1 rings (SSSR count). The molecule has 0 aliphatic heterocycles. The van der Waals surface area contributed by atoms with Crippen molar-refractivity contribution in [3.05, 3.63) is 12.3 Å². The third-order valence-corrected chi connectivity index (χ3v) is 2.93. The normalized spacial score (nSPS) is 12.2. The zero-order chi connectivity index (χ0) is 11.1. The lowest BCUT2D eigenvalue weighted by Gasteiger charge is -2.12. The molecule has 84 valence electrons. The third kappa shape index (κ3) is 4.38. The molecule has 1 aromatic heterocycles. The van der Waals surface area contributed by atoms with Crippen molar-refractivity contribution in [2.24, 2.45) is 0 Å². The lowest BCUT2D eigenvalue weighted by atomic mass is 10.4. The summed E-state index contributed by atoms with van der Waals surface area (Å²) >= 11 is 1.90. The van der Waals surface area contributed by atoms with Gasteiger partial charge in [0, 0.05) is 24.1 Å². The van der Waals surface area contributed by atoms with Gasteiger partial charge in [0.25, 0.3) is 0 Å². The van der Waals surface area contributed by atoms with Crippen molar-refractivity contribution in [3.63, 3.8) is 0 Å². The molecule has 0 saturated carbocycles. The number of nitrogens with zero attached hydrogens (tertiary/aromatic N) is 2. The van der Waals surface area contributed by atoms with Crippen LogP contribution in [0.5, 0.6) is 5.88 Å². The molecule has 1 aromatic rings. The fraction of sp³-hybridized carbons (Fsp3) is 0.600. The number of rotatable bonds is 6. The molecule has 0 saturated heterocycles. The number of hydrogen-bond acceptors (Lipinski definition) is 5. The monoisotopic (exact) mass is 227 g/mol. The summed E-state index contributed by atoms with van der Waals surface area (Å²) in [5.41, 5.74) is 0. The number of ether oxygens (including phenoxy) is 1. The third-order valence-electron chi connectivity index (χ3n) is 1.79. The van der Waals surface area contributed by atoms with E-state index in [-0.39, 0.29) is 0 Å². The standard InChI is InChI=1S/C10H17N3OS/c1-4-15-7-8(2)12-10-11-6-5-9(13-10)14-3/h5-6,8H,4,7H2,1-3H3,(H,11,12,13). The van der Waals surface area contributed by atoms with Crippen molar-refractivity contribution in [2.75, 3.05) is 23.9 Å². The van der Waals surface area contributed by atoms with Crippen LogP contribution in [-0.2, 0) is 0 Å². The Morgan fingerprint density at radius 1 is 1.60 bits per heavy atom. The van der Waals surface area contributed by atoms with Crippen LogP contribution in [0.2, 0.25) is 0 Å². The first-order valence-corrected chi connectivity index (χ1v) is 6.13. The van der Waals surface area contributed by atoms with E-state index in [4.69, 9.17) is 4.74 Å². The molecular weight excluding hydrogens is 210 g/mol. The Morgan fingerprint density at radius 2 is 2.40 bits per heavy atom. The second-order valence-electron chi connectivity index (χ2n) is 3.13. The van der Waals surface area contributed by atoms with E-state index in [2.05, 4.69) is 29.1 Å². The summed E-state index contributed by atoms with van der Waals surface area (Å²) in [5, 5.41) is 3.23. The van der Waals surface area contributed by atoms with Crippen LogP contribution in [0, 0.1) is 0 Å². The van der Waals surface area contributed by atoms with Gasteiger partial charge in [0.2, 0.25) is 11.8 Å². The highest BCUT2D eigenvalue weighted by Gasteiger charge is 2.04. The van der Waals surface area contributed by atoms with Crippen LogP contribution in [0.4, 0.5) is 5.95 Å². The van der Waals surface area contributed by atoms with Crippen LogP contribution in [0.15, 0.2) is 12.3 Å². The molecular formula is C10H17N3OS. The molecule has 1 heterocycles.